The molecule has 0 spiro atoms. The van der Waals surface area contributed by atoms with Crippen LogP contribution in [0.1, 0.15) is 43.7 Å². The van der Waals surface area contributed by atoms with Crippen LogP contribution in [0.15, 0.2) is 119 Å². The van der Waals surface area contributed by atoms with Crippen LogP contribution >= 0.6 is 0 Å². The lowest BCUT2D eigenvalue weighted by Gasteiger charge is -2.15. The number of carbonyl (C=O) groups is 2. The van der Waals surface area contributed by atoms with Crippen LogP contribution in [-0.2, 0) is 29.6 Å². The number of hydrogen-bond donors (Lipinski definition) is 2. The topological polar surface area (TPSA) is 151 Å². The SMILES string of the molecule is C/C(=C\c1ccccc1)C(=O)Nc1ccc(S(=O)(=O)N2CCCC2)cc1.COc1ccc(/C=C/C(=O)Nc2ccc(S(=O)(=O)N3CCCC3)cc2)cc1OC. The fourth-order valence-corrected chi connectivity index (χ4v) is 9.02. The van der Waals surface area contributed by atoms with Gasteiger partial charge in [0.15, 0.2) is 11.5 Å². The Morgan fingerprint density at radius 2 is 1.11 bits per heavy atom. The molecule has 2 saturated heterocycles. The van der Waals surface area contributed by atoms with Crippen molar-refractivity contribution in [1.82, 2.24) is 8.61 Å². The Balaban J connectivity index is 0.000000212. The van der Waals surface area contributed by atoms with Crippen molar-refractivity contribution in [3.05, 3.63) is 120 Å². The highest BCUT2D eigenvalue weighted by molar-refractivity contribution is 7.89. The minimum atomic E-state index is -3.46. The number of hydrogen-bond acceptors (Lipinski definition) is 8. The second kappa shape index (κ2) is 18.8. The first-order valence-electron chi connectivity index (χ1n) is 17.9. The molecule has 2 fully saturated rings. The molecule has 290 valence electrons. The minimum absolute atomic E-state index is 0.219. The van der Waals surface area contributed by atoms with Crippen molar-refractivity contribution >= 4 is 55.4 Å². The van der Waals surface area contributed by atoms with Crippen molar-refractivity contribution < 1.29 is 35.9 Å². The van der Waals surface area contributed by atoms with Crippen molar-refractivity contribution in [2.45, 2.75) is 42.4 Å². The number of rotatable bonds is 12. The van der Waals surface area contributed by atoms with Gasteiger partial charge in [-0.1, -0.05) is 36.4 Å². The maximum absolute atomic E-state index is 12.5. The molecule has 0 bridgehead atoms. The molecule has 6 rings (SSSR count). The van der Waals surface area contributed by atoms with Gasteiger partial charge in [-0.2, -0.15) is 8.61 Å². The van der Waals surface area contributed by atoms with Gasteiger partial charge >= 0.3 is 0 Å². The van der Waals surface area contributed by atoms with E-state index in [0.29, 0.717) is 54.6 Å². The third-order valence-electron chi connectivity index (χ3n) is 9.02. The van der Waals surface area contributed by atoms with Crippen molar-refractivity contribution in [2.75, 3.05) is 51.0 Å². The number of anilines is 2. The van der Waals surface area contributed by atoms with Gasteiger partial charge in [0, 0.05) is 49.2 Å². The van der Waals surface area contributed by atoms with Gasteiger partial charge in [0.05, 0.1) is 24.0 Å². The van der Waals surface area contributed by atoms with Crippen LogP contribution in [0.25, 0.3) is 12.2 Å². The van der Waals surface area contributed by atoms with Crippen LogP contribution in [0.5, 0.6) is 11.5 Å². The van der Waals surface area contributed by atoms with Crippen LogP contribution < -0.4 is 20.1 Å². The largest absolute Gasteiger partial charge is 0.493 e. The summed E-state index contributed by atoms with van der Waals surface area (Å²) in [6, 6.07) is 27.5. The highest BCUT2D eigenvalue weighted by Gasteiger charge is 2.28. The summed E-state index contributed by atoms with van der Waals surface area (Å²) in [5, 5.41) is 5.52. The maximum atomic E-state index is 12.5. The summed E-state index contributed by atoms with van der Waals surface area (Å²) in [4.78, 5) is 25.0. The van der Waals surface area contributed by atoms with Crippen molar-refractivity contribution in [3.63, 3.8) is 0 Å². The number of nitrogens with zero attached hydrogens (tertiary/aromatic N) is 2. The highest BCUT2D eigenvalue weighted by atomic mass is 32.2. The number of ether oxygens (including phenoxy) is 2. The lowest BCUT2D eigenvalue weighted by Crippen LogP contribution is -2.27. The third kappa shape index (κ3) is 10.9. The molecule has 0 unspecified atom stereocenters. The van der Waals surface area contributed by atoms with E-state index in [4.69, 9.17) is 9.47 Å². The smallest absolute Gasteiger partial charge is 0.251 e. The van der Waals surface area contributed by atoms with Crippen LogP contribution in [0.2, 0.25) is 0 Å². The number of nitrogens with one attached hydrogen (secondary N) is 2. The van der Waals surface area contributed by atoms with Gasteiger partial charge in [-0.15, -0.1) is 0 Å². The molecule has 0 atom stereocenters. The zero-order valence-corrected chi connectivity index (χ0v) is 32.7. The Hall–Kier alpha value is -5.28. The molecule has 55 heavy (non-hydrogen) atoms. The molecule has 2 amide bonds. The first-order valence-corrected chi connectivity index (χ1v) is 20.7. The average Bonchev–Trinajstić information content (AvgIpc) is 3.95. The number of benzene rings is 4. The van der Waals surface area contributed by atoms with Crippen LogP contribution in [0.3, 0.4) is 0 Å². The summed E-state index contributed by atoms with van der Waals surface area (Å²) in [5.74, 6) is 0.641. The third-order valence-corrected chi connectivity index (χ3v) is 12.8. The second-order valence-corrected chi connectivity index (χ2v) is 16.8. The molecule has 2 N–H and O–H groups in total. The van der Waals surface area contributed by atoms with E-state index in [1.807, 2.05) is 42.5 Å². The molecule has 2 aliphatic heterocycles. The van der Waals surface area contributed by atoms with Crippen molar-refractivity contribution in [2.24, 2.45) is 0 Å². The van der Waals surface area contributed by atoms with Gasteiger partial charge in [-0.25, -0.2) is 16.8 Å². The van der Waals surface area contributed by atoms with Gasteiger partial charge < -0.3 is 20.1 Å². The van der Waals surface area contributed by atoms with E-state index in [2.05, 4.69) is 10.6 Å². The Kier molecular flexibility index (Phi) is 14.0. The molecular weight excluding hydrogens is 741 g/mol. The normalized spacial score (nSPS) is 15.3. The Morgan fingerprint density at radius 3 is 1.60 bits per heavy atom. The van der Waals surface area contributed by atoms with E-state index in [1.54, 1.807) is 75.8 Å². The van der Waals surface area contributed by atoms with E-state index in [0.717, 1.165) is 36.8 Å². The fourth-order valence-electron chi connectivity index (χ4n) is 5.98. The summed E-state index contributed by atoms with van der Waals surface area (Å²) >= 11 is 0. The molecule has 14 heteroatoms. The predicted octanol–water partition coefficient (Wildman–Crippen LogP) is 6.65. The van der Waals surface area contributed by atoms with Crippen molar-refractivity contribution in [1.29, 1.82) is 0 Å². The van der Waals surface area contributed by atoms with Gasteiger partial charge in [-0.3, -0.25) is 9.59 Å². The Bertz CT molecular complexity index is 2210. The van der Waals surface area contributed by atoms with Crippen LogP contribution in [0, 0.1) is 0 Å². The first-order chi connectivity index (χ1) is 26.4. The molecule has 12 nitrogen and oxygen atoms in total. The lowest BCUT2D eigenvalue weighted by molar-refractivity contribution is -0.113. The predicted molar refractivity (Wildman–Crippen MR) is 215 cm³/mol. The van der Waals surface area contributed by atoms with Gasteiger partial charge in [0.1, 0.15) is 0 Å². The molecule has 4 aromatic rings. The summed E-state index contributed by atoms with van der Waals surface area (Å²) < 4.78 is 63.5. The second-order valence-electron chi connectivity index (χ2n) is 12.9. The maximum Gasteiger partial charge on any atom is 0.251 e. The highest BCUT2D eigenvalue weighted by Crippen LogP contribution is 2.28. The number of amides is 2. The monoisotopic (exact) mass is 786 g/mol. The number of sulfonamides is 2. The quantitative estimate of drug-likeness (QED) is 0.152. The van der Waals surface area contributed by atoms with E-state index in [9.17, 15) is 26.4 Å². The van der Waals surface area contributed by atoms with E-state index in [1.165, 1.54) is 26.8 Å². The molecule has 0 aromatic heterocycles. The van der Waals surface area contributed by atoms with Gasteiger partial charge in [0.25, 0.3) is 5.91 Å². The zero-order chi connectivity index (χ0) is 39.4. The number of carbonyl (C=O) groups excluding carboxylic acids is 2. The fraction of sp³-hybridized carbons (Fsp3) is 0.268. The number of methoxy groups -OCH3 is 2. The molecular formula is C41H46N4O8S2. The van der Waals surface area contributed by atoms with E-state index < -0.39 is 20.0 Å². The first kappa shape index (κ1) is 40.9. The molecule has 0 aliphatic carbocycles. The standard InChI is InChI=1S/C21H24N2O5S.C20H22N2O3S/c1-27-19-11-5-16(15-20(19)28-2)6-12-21(24)22-17-7-9-18(10-8-17)29(25,26)23-13-3-4-14-23;1-16(15-17-7-3-2-4-8-17)20(23)21-18-9-11-19(12-10-18)26(24,25)22-13-5-6-14-22/h5-12,15H,3-4,13-14H2,1-2H3,(H,22,24);2-4,7-12,15H,5-6,13-14H2,1H3,(H,21,23)/b12-6+;16-15+. The average molecular weight is 787 g/mol. The van der Waals surface area contributed by atoms with Gasteiger partial charge in [0.2, 0.25) is 26.0 Å². The zero-order valence-electron chi connectivity index (χ0n) is 31.1. The Morgan fingerprint density at radius 1 is 0.618 bits per heavy atom. The van der Waals surface area contributed by atoms with E-state index in [-0.39, 0.29) is 21.6 Å². The van der Waals surface area contributed by atoms with E-state index >= 15 is 0 Å². The summed E-state index contributed by atoms with van der Waals surface area (Å²) in [6.07, 6.45) is 8.45. The summed E-state index contributed by atoms with van der Waals surface area (Å²) in [7, 11) is -3.78. The van der Waals surface area contributed by atoms with Crippen LogP contribution in [-0.4, -0.2) is 77.7 Å². The molecule has 4 aromatic carbocycles. The summed E-state index contributed by atoms with van der Waals surface area (Å²) in [6.45, 7) is 4.01. The Labute approximate surface area is 323 Å². The lowest BCUT2D eigenvalue weighted by atomic mass is 10.1. The minimum Gasteiger partial charge on any atom is -0.493 e. The summed E-state index contributed by atoms with van der Waals surface area (Å²) in [5.41, 5.74) is 3.39. The molecule has 0 radical (unpaired) electrons. The van der Waals surface area contributed by atoms with Crippen molar-refractivity contribution in [3.8, 4) is 11.5 Å². The van der Waals surface area contributed by atoms with Crippen LogP contribution in [0.4, 0.5) is 11.4 Å². The molecule has 2 heterocycles. The molecule has 2 aliphatic rings. The molecule has 0 saturated carbocycles. The van der Waals surface area contributed by atoms with Gasteiger partial charge in [-0.05, 0) is 117 Å².